The van der Waals surface area contributed by atoms with Gasteiger partial charge in [-0.05, 0) is 43.9 Å². The van der Waals surface area contributed by atoms with Crippen molar-refractivity contribution >= 4 is 5.84 Å². The van der Waals surface area contributed by atoms with Gasteiger partial charge in [0.15, 0.2) is 0 Å². The first-order chi connectivity index (χ1) is 16.2. The van der Waals surface area contributed by atoms with Crippen LogP contribution in [-0.4, -0.2) is 28.3 Å². The molecule has 2 atom stereocenters. The zero-order valence-electron chi connectivity index (χ0n) is 20.4. The second-order valence-corrected chi connectivity index (χ2v) is 8.61. The average Bonchev–Trinajstić information content (AvgIpc) is 3.32. The zero-order chi connectivity index (χ0) is 25.1. The van der Waals surface area contributed by atoms with Gasteiger partial charge in [0, 0.05) is 60.6 Å². The lowest BCUT2D eigenvalue weighted by molar-refractivity contribution is 0.338. The molecule has 0 bridgehead atoms. The molecule has 1 fully saturated rings. The van der Waals surface area contributed by atoms with Gasteiger partial charge in [-0.1, -0.05) is 49.6 Å². The Labute approximate surface area is 203 Å². The monoisotopic (exact) mass is 461 g/mol. The number of nitrogens with one attached hydrogen (secondary N) is 2. The highest BCUT2D eigenvalue weighted by atomic mass is 15.2. The molecule has 1 aliphatic heterocycles. The highest BCUT2D eigenvalue weighted by Gasteiger charge is 2.28. The molecular formula is C27H39N7. The summed E-state index contributed by atoms with van der Waals surface area (Å²) in [5.41, 5.74) is 22.5. The number of allylic oxidation sites excluding steroid dienone is 2. The number of hydrogen-bond donors (Lipinski definition) is 5. The molecule has 7 nitrogen and oxygen atoms in total. The van der Waals surface area contributed by atoms with Crippen LogP contribution < -0.4 is 22.5 Å². The zero-order valence-corrected chi connectivity index (χ0v) is 20.4. The van der Waals surface area contributed by atoms with Gasteiger partial charge in [-0.15, -0.1) is 0 Å². The lowest BCUT2D eigenvalue weighted by Gasteiger charge is -2.31. The minimum Gasteiger partial charge on any atom is -0.402 e. The maximum absolute atomic E-state index is 7.69. The van der Waals surface area contributed by atoms with Gasteiger partial charge >= 0.3 is 0 Å². The molecule has 8 N–H and O–H groups in total. The summed E-state index contributed by atoms with van der Waals surface area (Å²) in [4.78, 5) is 6.18. The van der Waals surface area contributed by atoms with Gasteiger partial charge in [-0.3, -0.25) is 10.4 Å². The molecular weight excluding hydrogens is 422 g/mol. The third kappa shape index (κ3) is 8.08. The van der Waals surface area contributed by atoms with E-state index in [1.807, 2.05) is 37.3 Å². The number of hydrogen-bond acceptors (Lipinski definition) is 6. The predicted molar refractivity (Wildman–Crippen MR) is 142 cm³/mol. The third-order valence-corrected chi connectivity index (χ3v) is 5.82. The van der Waals surface area contributed by atoms with E-state index in [0.29, 0.717) is 17.7 Å². The fourth-order valence-corrected chi connectivity index (χ4v) is 3.83. The standard InChI is InChI=1S/C20H29N5.C7H10N2/c1-14(12-18(15(2)21)20(22)23)25-11-7-10-19(25)16(3)24-13-17-8-5-4-6-9-17;1-6(8)7-3-2-4-9-5-7/h4-6,8-9,19,24H,1,3,7,10-13,21H2,2H3,(H3,22,23);2-6H,8H2,1H3/b18-15-;. The van der Waals surface area contributed by atoms with Crippen LogP contribution in [0.3, 0.4) is 0 Å². The van der Waals surface area contributed by atoms with Crippen LogP contribution in [0.4, 0.5) is 0 Å². The van der Waals surface area contributed by atoms with Gasteiger partial charge in [-0.25, -0.2) is 0 Å². The Bertz CT molecular complexity index is 977. The van der Waals surface area contributed by atoms with E-state index in [1.165, 1.54) is 5.56 Å². The molecule has 0 saturated carbocycles. The number of aromatic nitrogens is 1. The van der Waals surface area contributed by atoms with Crippen LogP contribution in [0.15, 0.2) is 90.7 Å². The summed E-state index contributed by atoms with van der Waals surface area (Å²) in [6.45, 7) is 13.9. The molecule has 1 aliphatic rings. The molecule has 2 unspecified atom stereocenters. The van der Waals surface area contributed by atoms with Gasteiger partial charge in [0.2, 0.25) is 0 Å². The third-order valence-electron chi connectivity index (χ3n) is 5.82. The van der Waals surface area contributed by atoms with E-state index < -0.39 is 0 Å². The Kier molecular flexibility index (Phi) is 10.4. The molecule has 1 aromatic carbocycles. The maximum atomic E-state index is 7.69. The van der Waals surface area contributed by atoms with Gasteiger partial charge in [0.25, 0.3) is 0 Å². The van der Waals surface area contributed by atoms with E-state index in [2.05, 4.69) is 40.5 Å². The number of nitrogens with two attached hydrogens (primary N) is 3. The lowest BCUT2D eigenvalue weighted by atomic mass is 10.1. The summed E-state index contributed by atoms with van der Waals surface area (Å²) in [5.74, 6) is 0.0120. The van der Waals surface area contributed by atoms with Crippen molar-refractivity contribution in [1.82, 2.24) is 15.2 Å². The molecule has 1 saturated heterocycles. The van der Waals surface area contributed by atoms with Crippen LogP contribution >= 0.6 is 0 Å². The van der Waals surface area contributed by atoms with Crippen LogP contribution in [0.25, 0.3) is 0 Å². The largest absolute Gasteiger partial charge is 0.402 e. The first-order valence-electron chi connectivity index (χ1n) is 11.6. The Balaban J connectivity index is 0.000000379. The number of benzene rings is 1. The summed E-state index contributed by atoms with van der Waals surface area (Å²) >= 11 is 0. The molecule has 182 valence electrons. The van der Waals surface area contributed by atoms with Gasteiger partial charge in [0.05, 0.1) is 6.04 Å². The van der Waals surface area contributed by atoms with Crippen molar-refractivity contribution in [2.45, 2.75) is 51.7 Å². The van der Waals surface area contributed by atoms with E-state index >= 15 is 0 Å². The number of rotatable bonds is 9. The number of pyridine rings is 1. The van der Waals surface area contributed by atoms with E-state index in [1.54, 1.807) is 19.3 Å². The predicted octanol–water partition coefficient (Wildman–Crippen LogP) is 3.93. The normalized spacial score (nSPS) is 16.6. The summed E-state index contributed by atoms with van der Waals surface area (Å²) in [7, 11) is 0. The molecule has 0 radical (unpaired) electrons. The molecule has 3 rings (SSSR count). The Morgan fingerprint density at radius 1 is 1.21 bits per heavy atom. The second-order valence-electron chi connectivity index (χ2n) is 8.61. The van der Waals surface area contributed by atoms with Gasteiger partial charge in [0.1, 0.15) is 5.84 Å². The summed E-state index contributed by atoms with van der Waals surface area (Å²) in [5, 5.41) is 11.1. The lowest BCUT2D eigenvalue weighted by Crippen LogP contribution is -2.35. The maximum Gasteiger partial charge on any atom is 0.120 e. The molecule has 2 heterocycles. The van der Waals surface area contributed by atoms with Gasteiger partial charge in [-0.2, -0.15) is 0 Å². The molecule has 7 heteroatoms. The second kappa shape index (κ2) is 13.2. The van der Waals surface area contributed by atoms with E-state index in [-0.39, 0.29) is 17.9 Å². The molecule has 2 aromatic rings. The minimum absolute atomic E-state index is 0.0120. The Hall–Kier alpha value is -3.58. The average molecular weight is 462 g/mol. The Morgan fingerprint density at radius 2 is 1.91 bits per heavy atom. The quantitative estimate of drug-likeness (QED) is 0.284. The van der Waals surface area contributed by atoms with Crippen LogP contribution in [-0.2, 0) is 6.54 Å². The first kappa shape index (κ1) is 26.7. The van der Waals surface area contributed by atoms with Crippen LogP contribution in [0.2, 0.25) is 0 Å². The van der Waals surface area contributed by atoms with Crippen LogP contribution in [0.5, 0.6) is 0 Å². The first-order valence-corrected chi connectivity index (χ1v) is 11.6. The van der Waals surface area contributed by atoms with Crippen LogP contribution in [0.1, 0.15) is 50.3 Å². The van der Waals surface area contributed by atoms with E-state index in [4.69, 9.17) is 22.6 Å². The van der Waals surface area contributed by atoms with Crippen LogP contribution in [0, 0.1) is 5.41 Å². The summed E-state index contributed by atoms with van der Waals surface area (Å²) in [6.07, 6.45) is 6.16. The fraction of sp³-hybridized carbons (Fsp3) is 0.333. The van der Waals surface area contributed by atoms with Gasteiger partial charge < -0.3 is 27.4 Å². The highest BCUT2D eigenvalue weighted by molar-refractivity contribution is 5.95. The smallest absolute Gasteiger partial charge is 0.120 e. The van der Waals surface area contributed by atoms with Crippen molar-refractivity contribution in [3.05, 3.63) is 102 Å². The van der Waals surface area contributed by atoms with E-state index in [9.17, 15) is 0 Å². The summed E-state index contributed by atoms with van der Waals surface area (Å²) in [6, 6.07) is 14.4. The van der Waals surface area contributed by atoms with Crippen molar-refractivity contribution in [1.29, 1.82) is 5.41 Å². The van der Waals surface area contributed by atoms with Crippen molar-refractivity contribution < 1.29 is 0 Å². The van der Waals surface area contributed by atoms with Crippen molar-refractivity contribution in [2.24, 2.45) is 17.2 Å². The van der Waals surface area contributed by atoms with Crippen molar-refractivity contribution in [3.63, 3.8) is 0 Å². The topological polar surface area (TPSA) is 130 Å². The highest BCUT2D eigenvalue weighted by Crippen LogP contribution is 2.28. The summed E-state index contributed by atoms with van der Waals surface area (Å²) < 4.78 is 0. The van der Waals surface area contributed by atoms with Crippen molar-refractivity contribution in [2.75, 3.05) is 6.54 Å². The van der Waals surface area contributed by atoms with Crippen molar-refractivity contribution in [3.8, 4) is 0 Å². The SMILES string of the molecule is C=C(NCc1ccccc1)C1CCCN1C(=C)C/C(C(=N)N)=C(\C)N.CC(N)c1cccnc1. The number of amidine groups is 1. The fourth-order valence-electron chi connectivity index (χ4n) is 3.83. The number of nitrogens with zero attached hydrogens (tertiary/aromatic N) is 2. The molecule has 0 aliphatic carbocycles. The van der Waals surface area contributed by atoms with E-state index in [0.717, 1.165) is 42.9 Å². The molecule has 1 aromatic heterocycles. The minimum atomic E-state index is 0.0120. The molecule has 34 heavy (non-hydrogen) atoms. The Morgan fingerprint density at radius 3 is 2.44 bits per heavy atom. The molecule has 0 spiro atoms. The molecule has 0 amide bonds. The number of likely N-dealkylation sites (tertiary alicyclic amines) is 1.